The van der Waals surface area contributed by atoms with Crippen LogP contribution >= 0.6 is 0 Å². The normalized spacial score (nSPS) is 29.5. The Kier molecular flexibility index (Phi) is 4.70. The van der Waals surface area contributed by atoms with Crippen LogP contribution in [0.1, 0.15) is 32.6 Å². The molecule has 0 aromatic rings. The van der Waals surface area contributed by atoms with E-state index in [9.17, 15) is 9.90 Å². The highest BCUT2D eigenvalue weighted by Crippen LogP contribution is 2.24. The third-order valence-corrected chi connectivity index (χ3v) is 3.02. The number of carbonyl (C=O) groups is 1. The molecule has 3 atom stereocenters. The Morgan fingerprint density at radius 2 is 2.12 bits per heavy atom. The monoisotopic (exact) mass is 231 g/mol. The average Bonchev–Trinajstić information content (AvgIpc) is 2.29. The zero-order valence-corrected chi connectivity index (χ0v) is 9.94. The Morgan fingerprint density at radius 3 is 2.69 bits per heavy atom. The van der Waals surface area contributed by atoms with Crippen LogP contribution in [0.4, 0.5) is 0 Å². The van der Waals surface area contributed by atoms with Crippen LogP contribution in [0.15, 0.2) is 0 Å². The molecule has 0 bridgehead atoms. The van der Waals surface area contributed by atoms with Crippen molar-refractivity contribution >= 4 is 5.97 Å². The largest absolute Gasteiger partial charge is 0.460 e. The third-order valence-electron chi connectivity index (χ3n) is 3.02. The SMILES string of the molecule is COC1CCCC(OC(=O)C(C)(O)CN)C1. The van der Waals surface area contributed by atoms with Crippen molar-refractivity contribution in [3.05, 3.63) is 0 Å². The van der Waals surface area contributed by atoms with Crippen LogP contribution in [0, 0.1) is 0 Å². The van der Waals surface area contributed by atoms with E-state index in [2.05, 4.69) is 0 Å². The number of nitrogens with two attached hydrogens (primary N) is 1. The van der Waals surface area contributed by atoms with Crippen LogP contribution in [-0.2, 0) is 14.3 Å². The maximum Gasteiger partial charge on any atom is 0.339 e. The number of esters is 1. The predicted molar refractivity (Wildman–Crippen MR) is 58.8 cm³/mol. The lowest BCUT2D eigenvalue weighted by atomic mass is 9.94. The molecule has 3 unspecified atom stereocenters. The smallest absolute Gasteiger partial charge is 0.339 e. The van der Waals surface area contributed by atoms with Crippen molar-refractivity contribution in [3.8, 4) is 0 Å². The molecule has 5 heteroatoms. The van der Waals surface area contributed by atoms with Crippen LogP contribution in [0.3, 0.4) is 0 Å². The molecule has 1 aliphatic carbocycles. The molecule has 0 aromatic carbocycles. The fourth-order valence-electron chi connectivity index (χ4n) is 1.78. The minimum atomic E-state index is -1.58. The summed E-state index contributed by atoms with van der Waals surface area (Å²) < 4.78 is 10.5. The molecule has 0 saturated heterocycles. The van der Waals surface area contributed by atoms with Crippen molar-refractivity contribution in [2.45, 2.75) is 50.4 Å². The standard InChI is InChI=1S/C11H21NO4/c1-11(14,7-12)10(13)16-9-5-3-4-8(6-9)15-2/h8-9,14H,3-7,12H2,1-2H3. The summed E-state index contributed by atoms with van der Waals surface area (Å²) in [6, 6.07) is 0. The maximum absolute atomic E-state index is 11.6. The predicted octanol–water partition coefficient (Wildman–Crippen LogP) is 0.197. The van der Waals surface area contributed by atoms with Gasteiger partial charge in [-0.1, -0.05) is 0 Å². The van der Waals surface area contributed by atoms with E-state index in [-0.39, 0.29) is 18.8 Å². The molecule has 0 aliphatic heterocycles. The molecule has 1 saturated carbocycles. The second kappa shape index (κ2) is 5.61. The topological polar surface area (TPSA) is 81.8 Å². The second-order valence-electron chi connectivity index (χ2n) is 4.53. The van der Waals surface area contributed by atoms with Gasteiger partial charge >= 0.3 is 5.97 Å². The quantitative estimate of drug-likeness (QED) is 0.675. The molecule has 16 heavy (non-hydrogen) atoms. The summed E-state index contributed by atoms with van der Waals surface area (Å²) in [6.45, 7) is 1.23. The van der Waals surface area contributed by atoms with E-state index in [1.807, 2.05) is 0 Å². The van der Waals surface area contributed by atoms with E-state index in [4.69, 9.17) is 15.2 Å². The second-order valence-corrected chi connectivity index (χ2v) is 4.53. The zero-order chi connectivity index (χ0) is 12.2. The summed E-state index contributed by atoms with van der Waals surface area (Å²) in [4.78, 5) is 11.6. The number of hydrogen-bond acceptors (Lipinski definition) is 5. The molecule has 0 heterocycles. The van der Waals surface area contributed by atoms with Gasteiger partial charge in [0.05, 0.1) is 6.10 Å². The first kappa shape index (κ1) is 13.4. The summed E-state index contributed by atoms with van der Waals surface area (Å²) >= 11 is 0. The number of ether oxygens (including phenoxy) is 2. The number of methoxy groups -OCH3 is 1. The van der Waals surface area contributed by atoms with Gasteiger partial charge in [-0.25, -0.2) is 4.79 Å². The summed E-state index contributed by atoms with van der Waals surface area (Å²) in [5.41, 5.74) is 3.71. The van der Waals surface area contributed by atoms with Gasteiger partial charge in [-0.2, -0.15) is 0 Å². The summed E-state index contributed by atoms with van der Waals surface area (Å²) in [5, 5.41) is 9.61. The summed E-state index contributed by atoms with van der Waals surface area (Å²) in [5.74, 6) is -0.642. The third kappa shape index (κ3) is 3.43. The average molecular weight is 231 g/mol. The van der Waals surface area contributed by atoms with Gasteiger partial charge in [-0.3, -0.25) is 0 Å². The van der Waals surface area contributed by atoms with E-state index in [1.165, 1.54) is 6.92 Å². The summed E-state index contributed by atoms with van der Waals surface area (Å²) in [7, 11) is 1.66. The molecule has 0 amide bonds. The minimum absolute atomic E-state index is 0.133. The number of carbonyl (C=O) groups excluding carboxylic acids is 1. The van der Waals surface area contributed by atoms with Crippen LogP contribution in [0.5, 0.6) is 0 Å². The van der Waals surface area contributed by atoms with Crippen LogP contribution in [-0.4, -0.2) is 42.5 Å². The van der Waals surface area contributed by atoms with E-state index in [0.717, 1.165) is 19.3 Å². The Balaban J connectivity index is 2.45. The first-order chi connectivity index (χ1) is 7.49. The Labute approximate surface area is 95.9 Å². The maximum atomic E-state index is 11.6. The number of hydrogen-bond donors (Lipinski definition) is 2. The number of rotatable bonds is 4. The molecular formula is C11H21NO4. The first-order valence-corrected chi connectivity index (χ1v) is 5.66. The van der Waals surface area contributed by atoms with Crippen molar-refractivity contribution in [2.24, 2.45) is 5.73 Å². The highest BCUT2D eigenvalue weighted by molar-refractivity contribution is 5.79. The van der Waals surface area contributed by atoms with Crippen molar-refractivity contribution < 1.29 is 19.4 Å². The van der Waals surface area contributed by atoms with Gasteiger partial charge in [-0.05, 0) is 26.2 Å². The van der Waals surface area contributed by atoms with Gasteiger partial charge in [0.15, 0.2) is 5.60 Å². The van der Waals surface area contributed by atoms with E-state index in [1.54, 1.807) is 7.11 Å². The molecule has 0 radical (unpaired) electrons. The first-order valence-electron chi connectivity index (χ1n) is 5.66. The molecule has 1 aliphatic rings. The van der Waals surface area contributed by atoms with E-state index < -0.39 is 11.6 Å². The minimum Gasteiger partial charge on any atom is -0.460 e. The molecule has 1 rings (SSSR count). The molecular weight excluding hydrogens is 210 g/mol. The van der Waals surface area contributed by atoms with Crippen molar-refractivity contribution in [2.75, 3.05) is 13.7 Å². The van der Waals surface area contributed by atoms with Gasteiger partial charge in [0, 0.05) is 20.1 Å². The number of aliphatic hydroxyl groups is 1. The summed E-state index contributed by atoms with van der Waals surface area (Å²) in [6.07, 6.45) is 3.48. The van der Waals surface area contributed by atoms with Crippen molar-refractivity contribution in [3.63, 3.8) is 0 Å². The van der Waals surface area contributed by atoms with Crippen molar-refractivity contribution in [1.29, 1.82) is 0 Å². The highest BCUT2D eigenvalue weighted by Gasteiger charge is 2.34. The lowest BCUT2D eigenvalue weighted by Gasteiger charge is -2.30. The van der Waals surface area contributed by atoms with Gasteiger partial charge in [-0.15, -0.1) is 0 Å². The molecule has 94 valence electrons. The molecule has 3 N–H and O–H groups in total. The van der Waals surface area contributed by atoms with Crippen LogP contribution < -0.4 is 5.73 Å². The molecule has 0 spiro atoms. The highest BCUT2D eigenvalue weighted by atomic mass is 16.6. The van der Waals surface area contributed by atoms with Crippen LogP contribution in [0.25, 0.3) is 0 Å². The van der Waals surface area contributed by atoms with Crippen LogP contribution in [0.2, 0.25) is 0 Å². The molecule has 0 aromatic heterocycles. The Hall–Kier alpha value is -0.650. The Morgan fingerprint density at radius 1 is 1.50 bits per heavy atom. The fourth-order valence-corrected chi connectivity index (χ4v) is 1.78. The van der Waals surface area contributed by atoms with Gasteiger partial charge in [0.1, 0.15) is 6.10 Å². The zero-order valence-electron chi connectivity index (χ0n) is 9.94. The lowest BCUT2D eigenvalue weighted by molar-refractivity contribution is -0.171. The fraction of sp³-hybridized carbons (Fsp3) is 0.909. The van der Waals surface area contributed by atoms with E-state index in [0.29, 0.717) is 6.42 Å². The lowest BCUT2D eigenvalue weighted by Crippen LogP contribution is -2.46. The van der Waals surface area contributed by atoms with E-state index >= 15 is 0 Å². The van der Waals surface area contributed by atoms with Gasteiger partial charge in [0.25, 0.3) is 0 Å². The Bertz CT molecular complexity index is 242. The molecule has 1 fully saturated rings. The van der Waals surface area contributed by atoms with Crippen molar-refractivity contribution in [1.82, 2.24) is 0 Å². The van der Waals surface area contributed by atoms with Gasteiger partial charge < -0.3 is 20.3 Å². The van der Waals surface area contributed by atoms with Gasteiger partial charge in [0.2, 0.25) is 0 Å². The molecule has 5 nitrogen and oxygen atoms in total.